The number of halogens is 3. The number of hydrogen-bond acceptors (Lipinski definition) is 7. The highest BCUT2D eigenvalue weighted by Crippen LogP contribution is 2.27. The van der Waals surface area contributed by atoms with Gasteiger partial charge in [0.2, 0.25) is 5.82 Å². The minimum absolute atomic E-state index is 0.216. The van der Waals surface area contributed by atoms with E-state index >= 15 is 0 Å². The first-order valence-electron chi connectivity index (χ1n) is 11.5. The molecule has 0 aliphatic heterocycles. The van der Waals surface area contributed by atoms with Gasteiger partial charge in [0.05, 0.1) is 6.54 Å². The molecule has 0 N–H and O–H groups in total. The average molecular weight is 501 g/mol. The number of aromatic nitrogens is 5. The second-order valence-corrected chi connectivity index (χ2v) is 8.74. The van der Waals surface area contributed by atoms with Crippen LogP contribution in [0, 0.1) is 6.92 Å². The Bertz CT molecular complexity index is 1260. The number of aryl methyl sites for hydroxylation is 2. The van der Waals surface area contributed by atoms with Gasteiger partial charge in [0.15, 0.2) is 5.69 Å². The second kappa shape index (κ2) is 10.9. The number of nitrogens with zero attached hydrogens (tertiary/aromatic N) is 6. The molecular weight excluding hydrogens is 473 g/mol. The van der Waals surface area contributed by atoms with Crippen molar-refractivity contribution in [2.45, 2.75) is 39.1 Å². The summed E-state index contributed by atoms with van der Waals surface area (Å²) in [5.41, 5.74) is 4.01. The van der Waals surface area contributed by atoms with Crippen LogP contribution in [0.2, 0.25) is 0 Å². The highest BCUT2D eigenvalue weighted by molar-refractivity contribution is 5.58. The summed E-state index contributed by atoms with van der Waals surface area (Å²) in [6, 6.07) is 11.2. The molecule has 4 aromatic rings. The topological polar surface area (TPSA) is 82.1 Å². The Morgan fingerprint density at radius 1 is 1.06 bits per heavy atom. The highest BCUT2D eigenvalue weighted by atomic mass is 19.4. The summed E-state index contributed by atoms with van der Waals surface area (Å²) in [5, 5.41) is 8.51. The third-order valence-corrected chi connectivity index (χ3v) is 5.48. The van der Waals surface area contributed by atoms with E-state index in [-0.39, 0.29) is 17.5 Å². The molecule has 11 heteroatoms. The fraction of sp³-hybridized carbons (Fsp3) is 0.360. The standard InChI is InChI=1S/C25H27F3N6O2/c1-17-14-22(24-30-23(32-36-24)19-8-11-21(12-9-19)35-25(26,27)28)31-34(17)16-18-7-10-20(29-15-18)6-4-5-13-33(2)3/h7-12,14-15H,4-6,13,16H2,1-3H3. The predicted molar refractivity (Wildman–Crippen MR) is 127 cm³/mol. The van der Waals surface area contributed by atoms with Crippen molar-refractivity contribution in [1.29, 1.82) is 0 Å². The fourth-order valence-corrected chi connectivity index (χ4v) is 3.63. The molecular formula is C25H27F3N6O2. The monoisotopic (exact) mass is 500 g/mol. The molecule has 36 heavy (non-hydrogen) atoms. The first kappa shape index (κ1) is 25.4. The quantitative estimate of drug-likeness (QED) is 0.279. The third-order valence-electron chi connectivity index (χ3n) is 5.48. The molecule has 3 aromatic heterocycles. The molecule has 8 nitrogen and oxygen atoms in total. The van der Waals surface area contributed by atoms with Crippen LogP contribution in [0.1, 0.15) is 29.8 Å². The molecule has 190 valence electrons. The van der Waals surface area contributed by atoms with Crippen LogP contribution in [-0.4, -0.2) is 56.8 Å². The fourth-order valence-electron chi connectivity index (χ4n) is 3.63. The van der Waals surface area contributed by atoms with E-state index in [0.717, 1.165) is 42.8 Å². The summed E-state index contributed by atoms with van der Waals surface area (Å²) in [6.45, 7) is 3.55. The Labute approximate surface area is 206 Å². The Kier molecular flexibility index (Phi) is 7.68. The molecule has 0 bridgehead atoms. The van der Waals surface area contributed by atoms with Crippen molar-refractivity contribution >= 4 is 0 Å². The number of unbranched alkanes of at least 4 members (excludes halogenated alkanes) is 1. The smallest absolute Gasteiger partial charge is 0.406 e. The maximum absolute atomic E-state index is 12.3. The van der Waals surface area contributed by atoms with Gasteiger partial charge in [-0.15, -0.1) is 13.2 Å². The van der Waals surface area contributed by atoms with Gasteiger partial charge < -0.3 is 14.2 Å². The molecule has 0 amide bonds. The molecule has 0 unspecified atom stereocenters. The van der Waals surface area contributed by atoms with E-state index in [2.05, 4.69) is 56.1 Å². The maximum Gasteiger partial charge on any atom is 0.573 e. The summed E-state index contributed by atoms with van der Waals surface area (Å²) in [4.78, 5) is 11.1. The Hall–Kier alpha value is -3.73. The number of pyridine rings is 1. The van der Waals surface area contributed by atoms with Gasteiger partial charge in [-0.3, -0.25) is 9.67 Å². The average Bonchev–Trinajstić information content (AvgIpc) is 3.44. The van der Waals surface area contributed by atoms with E-state index in [9.17, 15) is 13.2 Å². The Balaban J connectivity index is 1.39. The van der Waals surface area contributed by atoms with Crippen LogP contribution in [0.3, 0.4) is 0 Å². The van der Waals surface area contributed by atoms with Crippen LogP contribution in [0.5, 0.6) is 5.75 Å². The van der Waals surface area contributed by atoms with Crippen molar-refractivity contribution in [3.05, 3.63) is 65.6 Å². The molecule has 1 aromatic carbocycles. The van der Waals surface area contributed by atoms with Crippen LogP contribution in [-0.2, 0) is 13.0 Å². The zero-order valence-electron chi connectivity index (χ0n) is 20.3. The van der Waals surface area contributed by atoms with Gasteiger partial charge in [-0.25, -0.2) is 0 Å². The van der Waals surface area contributed by atoms with Crippen molar-refractivity contribution in [3.63, 3.8) is 0 Å². The summed E-state index contributed by atoms with van der Waals surface area (Å²) in [6.07, 6.45) is 0.321. The molecule has 0 saturated heterocycles. The molecule has 4 rings (SSSR count). The van der Waals surface area contributed by atoms with Gasteiger partial charge in [0, 0.05) is 23.1 Å². The van der Waals surface area contributed by atoms with Gasteiger partial charge in [0.25, 0.3) is 5.89 Å². The van der Waals surface area contributed by atoms with Crippen molar-refractivity contribution in [2.75, 3.05) is 20.6 Å². The molecule has 0 atom stereocenters. The van der Waals surface area contributed by atoms with E-state index in [0.29, 0.717) is 17.8 Å². The number of benzene rings is 1. The van der Waals surface area contributed by atoms with Gasteiger partial charge in [-0.05, 0) is 88.8 Å². The Morgan fingerprint density at radius 3 is 2.50 bits per heavy atom. The van der Waals surface area contributed by atoms with Crippen molar-refractivity contribution < 1.29 is 22.4 Å². The van der Waals surface area contributed by atoms with E-state index in [1.165, 1.54) is 24.3 Å². The lowest BCUT2D eigenvalue weighted by molar-refractivity contribution is -0.274. The summed E-state index contributed by atoms with van der Waals surface area (Å²) in [5.74, 6) is 0.131. The molecule has 0 saturated carbocycles. The largest absolute Gasteiger partial charge is 0.573 e. The minimum Gasteiger partial charge on any atom is -0.406 e. The van der Waals surface area contributed by atoms with Crippen molar-refractivity contribution in [1.82, 2.24) is 29.8 Å². The number of ether oxygens (including phenoxy) is 1. The minimum atomic E-state index is -4.75. The lowest BCUT2D eigenvalue weighted by Crippen LogP contribution is -2.16. The van der Waals surface area contributed by atoms with Crippen molar-refractivity contribution in [2.24, 2.45) is 0 Å². The first-order valence-corrected chi connectivity index (χ1v) is 11.5. The summed E-state index contributed by atoms with van der Waals surface area (Å²) < 4.78 is 48.1. The number of alkyl halides is 3. The first-order chi connectivity index (χ1) is 17.2. The van der Waals surface area contributed by atoms with Gasteiger partial charge in [-0.1, -0.05) is 11.2 Å². The van der Waals surface area contributed by atoms with Crippen LogP contribution in [0.25, 0.3) is 23.0 Å². The molecule has 0 fully saturated rings. The van der Waals surface area contributed by atoms with Crippen LogP contribution >= 0.6 is 0 Å². The van der Waals surface area contributed by atoms with Crippen LogP contribution < -0.4 is 4.74 Å². The molecule has 0 aliphatic rings. The zero-order valence-corrected chi connectivity index (χ0v) is 20.3. The molecule has 0 spiro atoms. The zero-order chi connectivity index (χ0) is 25.7. The number of hydrogen-bond donors (Lipinski definition) is 0. The van der Waals surface area contributed by atoms with E-state index in [1.54, 1.807) is 0 Å². The van der Waals surface area contributed by atoms with E-state index in [4.69, 9.17) is 4.52 Å². The van der Waals surface area contributed by atoms with Crippen LogP contribution in [0.15, 0.2) is 53.2 Å². The Morgan fingerprint density at radius 2 is 1.83 bits per heavy atom. The van der Waals surface area contributed by atoms with Gasteiger partial charge in [0.1, 0.15) is 5.75 Å². The lowest BCUT2D eigenvalue weighted by Gasteiger charge is -2.09. The van der Waals surface area contributed by atoms with E-state index in [1.807, 2.05) is 23.9 Å². The highest BCUT2D eigenvalue weighted by Gasteiger charge is 2.31. The number of rotatable bonds is 10. The van der Waals surface area contributed by atoms with Gasteiger partial charge in [-0.2, -0.15) is 10.1 Å². The lowest BCUT2D eigenvalue weighted by atomic mass is 10.1. The second-order valence-electron chi connectivity index (χ2n) is 8.74. The molecule has 3 heterocycles. The SMILES string of the molecule is Cc1cc(-c2nc(-c3ccc(OC(F)(F)F)cc3)no2)nn1Cc1ccc(CCCCN(C)C)nc1. The van der Waals surface area contributed by atoms with E-state index < -0.39 is 6.36 Å². The molecule has 0 aliphatic carbocycles. The summed E-state index contributed by atoms with van der Waals surface area (Å²) in [7, 11) is 4.15. The molecule has 0 radical (unpaired) electrons. The summed E-state index contributed by atoms with van der Waals surface area (Å²) >= 11 is 0. The van der Waals surface area contributed by atoms with Crippen molar-refractivity contribution in [3.8, 4) is 28.7 Å². The predicted octanol–water partition coefficient (Wildman–Crippen LogP) is 5.13. The maximum atomic E-state index is 12.3. The van der Waals surface area contributed by atoms with Crippen LogP contribution in [0.4, 0.5) is 13.2 Å². The third kappa shape index (κ3) is 6.91. The normalized spacial score (nSPS) is 11.9. The van der Waals surface area contributed by atoms with Gasteiger partial charge >= 0.3 is 6.36 Å².